The lowest BCUT2D eigenvalue weighted by molar-refractivity contribution is -0.384. The number of carbonyl (C=O) groups is 2. The predicted molar refractivity (Wildman–Crippen MR) is 124 cm³/mol. The normalized spacial score (nSPS) is 17.1. The van der Waals surface area contributed by atoms with E-state index in [1.807, 2.05) is 0 Å². The lowest BCUT2D eigenvalue weighted by atomic mass is 9.80. The Balaban J connectivity index is 2.21. The summed E-state index contributed by atoms with van der Waals surface area (Å²) in [6.45, 7) is 7.68. The van der Waals surface area contributed by atoms with Gasteiger partial charge in [0, 0.05) is 29.6 Å². The molecule has 0 saturated carbocycles. The Labute approximate surface area is 193 Å². The van der Waals surface area contributed by atoms with E-state index in [2.05, 4.69) is 19.2 Å². The van der Waals surface area contributed by atoms with Gasteiger partial charge in [-0.2, -0.15) is 0 Å². The first-order valence-corrected chi connectivity index (χ1v) is 11.1. The summed E-state index contributed by atoms with van der Waals surface area (Å²) < 4.78 is 5.48. The van der Waals surface area contributed by atoms with Gasteiger partial charge in [0.05, 0.1) is 28.6 Å². The van der Waals surface area contributed by atoms with E-state index in [0.29, 0.717) is 29.3 Å². The molecule has 9 nitrogen and oxygen atoms in total. The highest BCUT2D eigenvalue weighted by Gasteiger charge is 2.37. The minimum Gasteiger partial charge on any atom is -0.478 e. The van der Waals surface area contributed by atoms with E-state index in [0.717, 1.165) is 19.3 Å². The molecule has 2 atom stereocenters. The number of hydrogen-bond donors (Lipinski definition) is 3. The third kappa shape index (κ3) is 6.89. The molecule has 180 valence electrons. The quantitative estimate of drug-likeness (QED) is 0.195. The van der Waals surface area contributed by atoms with Crippen LogP contribution in [0, 0.1) is 16.0 Å². The van der Waals surface area contributed by atoms with Gasteiger partial charge in [-0.25, -0.2) is 9.59 Å². The summed E-state index contributed by atoms with van der Waals surface area (Å²) in [6, 6.07) is 5.78. The average molecular weight is 460 g/mol. The summed E-state index contributed by atoms with van der Waals surface area (Å²) in [6.07, 6.45) is 3.22. The molecule has 2 rings (SSSR count). The Bertz CT molecular complexity index is 967. The summed E-state index contributed by atoms with van der Waals surface area (Å²) in [5, 5.41) is 24.0. The van der Waals surface area contributed by atoms with E-state index >= 15 is 0 Å². The van der Waals surface area contributed by atoms with Crippen LogP contribution < -0.4 is 11.1 Å². The summed E-state index contributed by atoms with van der Waals surface area (Å²) in [7, 11) is 0. The highest BCUT2D eigenvalue weighted by Crippen LogP contribution is 2.39. The maximum Gasteiger partial charge on any atom is 0.336 e. The molecule has 1 heterocycles. The molecule has 0 spiro atoms. The molecule has 33 heavy (non-hydrogen) atoms. The fraction of sp³-hybridized carbons (Fsp3) is 0.500. The van der Waals surface area contributed by atoms with Gasteiger partial charge in [0.2, 0.25) is 0 Å². The van der Waals surface area contributed by atoms with Gasteiger partial charge in [0.25, 0.3) is 5.69 Å². The van der Waals surface area contributed by atoms with Crippen molar-refractivity contribution < 1.29 is 24.4 Å². The highest BCUT2D eigenvalue weighted by atomic mass is 16.6. The number of nitrogens with two attached hydrogens (primary N) is 1. The number of aliphatic carboxylic acids is 1. The second-order valence-corrected chi connectivity index (χ2v) is 8.81. The number of dihydropyridines is 1. The second kappa shape index (κ2) is 11.6. The van der Waals surface area contributed by atoms with Gasteiger partial charge in [-0.3, -0.25) is 10.1 Å². The van der Waals surface area contributed by atoms with Crippen molar-refractivity contribution in [3.05, 3.63) is 62.5 Å². The van der Waals surface area contributed by atoms with Crippen molar-refractivity contribution in [3.63, 3.8) is 0 Å². The van der Waals surface area contributed by atoms with Gasteiger partial charge in [-0.1, -0.05) is 26.0 Å². The Morgan fingerprint density at radius 1 is 1.21 bits per heavy atom. The number of allylic oxidation sites excluding steroid dienone is 2. The van der Waals surface area contributed by atoms with E-state index in [9.17, 15) is 24.8 Å². The summed E-state index contributed by atoms with van der Waals surface area (Å²) in [5.41, 5.74) is 7.16. The molecule has 1 aliphatic heterocycles. The van der Waals surface area contributed by atoms with Crippen molar-refractivity contribution >= 4 is 17.6 Å². The van der Waals surface area contributed by atoms with Gasteiger partial charge >= 0.3 is 11.9 Å². The predicted octanol–water partition coefficient (Wildman–Crippen LogP) is 4.00. The van der Waals surface area contributed by atoms with Crippen LogP contribution in [0.3, 0.4) is 0 Å². The zero-order valence-corrected chi connectivity index (χ0v) is 19.6. The van der Waals surface area contributed by atoms with Crippen molar-refractivity contribution in [2.45, 2.75) is 65.3 Å². The molecular weight excluding hydrogens is 426 g/mol. The minimum absolute atomic E-state index is 0.0484. The van der Waals surface area contributed by atoms with E-state index in [1.54, 1.807) is 19.9 Å². The van der Waals surface area contributed by atoms with Crippen molar-refractivity contribution in [3.8, 4) is 0 Å². The monoisotopic (exact) mass is 459 g/mol. The van der Waals surface area contributed by atoms with Gasteiger partial charge < -0.3 is 20.9 Å². The molecule has 0 fully saturated rings. The number of nitro groups is 1. The molecule has 0 amide bonds. The van der Waals surface area contributed by atoms with Gasteiger partial charge in [0.1, 0.15) is 0 Å². The summed E-state index contributed by atoms with van der Waals surface area (Å²) in [5.74, 6) is -2.32. The number of carboxylic acid groups (broad SMARTS) is 1. The Morgan fingerprint density at radius 3 is 2.48 bits per heavy atom. The maximum atomic E-state index is 13.0. The molecule has 9 heteroatoms. The van der Waals surface area contributed by atoms with Crippen LogP contribution in [0.5, 0.6) is 0 Å². The number of benzene rings is 1. The second-order valence-electron chi connectivity index (χ2n) is 8.81. The number of carboxylic acids is 1. The smallest absolute Gasteiger partial charge is 0.336 e. The number of unbranched alkanes of at least 4 members (excludes halogenated alkanes) is 1. The van der Waals surface area contributed by atoms with Crippen LogP contribution in [0.1, 0.15) is 64.9 Å². The standard InChI is InChI=1S/C24H33N3O6/c1-14(2)12-18(25)9-5-6-11-33-24(30)21-16(4)26-15(3)20(23(28)29)22(21)17-8-7-10-19(13-17)27(31)32/h7-8,10,13-14,18,22,26H,5-6,9,11-12,25H2,1-4H3,(H,28,29). The molecule has 4 N–H and O–H groups in total. The third-order valence-corrected chi connectivity index (χ3v) is 5.60. The zero-order valence-electron chi connectivity index (χ0n) is 19.6. The number of ether oxygens (including phenoxy) is 1. The molecule has 1 aliphatic rings. The largest absolute Gasteiger partial charge is 0.478 e. The molecule has 0 aliphatic carbocycles. The zero-order chi connectivity index (χ0) is 24.7. The van der Waals surface area contributed by atoms with E-state index in [4.69, 9.17) is 10.5 Å². The van der Waals surface area contributed by atoms with Crippen molar-refractivity contribution in [1.82, 2.24) is 5.32 Å². The van der Waals surface area contributed by atoms with Crippen molar-refractivity contribution in [2.24, 2.45) is 11.7 Å². The molecule has 0 radical (unpaired) electrons. The molecule has 1 aromatic rings. The first-order valence-electron chi connectivity index (χ1n) is 11.1. The average Bonchev–Trinajstić information content (AvgIpc) is 2.71. The van der Waals surface area contributed by atoms with Crippen LogP contribution in [0.2, 0.25) is 0 Å². The fourth-order valence-electron chi connectivity index (χ4n) is 4.17. The third-order valence-electron chi connectivity index (χ3n) is 5.60. The van der Waals surface area contributed by atoms with Crippen molar-refractivity contribution in [1.29, 1.82) is 0 Å². The first-order chi connectivity index (χ1) is 15.5. The van der Waals surface area contributed by atoms with Crippen LogP contribution in [0.25, 0.3) is 0 Å². The fourth-order valence-corrected chi connectivity index (χ4v) is 4.17. The number of rotatable bonds is 11. The van der Waals surface area contributed by atoms with Gasteiger partial charge in [-0.15, -0.1) is 0 Å². The number of hydrogen-bond acceptors (Lipinski definition) is 7. The van der Waals surface area contributed by atoms with Gasteiger partial charge in [0.15, 0.2) is 0 Å². The summed E-state index contributed by atoms with van der Waals surface area (Å²) in [4.78, 5) is 35.8. The topological polar surface area (TPSA) is 145 Å². The minimum atomic E-state index is -1.21. The summed E-state index contributed by atoms with van der Waals surface area (Å²) >= 11 is 0. The first kappa shape index (κ1) is 26.1. The van der Waals surface area contributed by atoms with Crippen LogP contribution >= 0.6 is 0 Å². The SMILES string of the molecule is CC1=C(C(=O)O)C(c2cccc([N+](=O)[O-])c2)C(C(=O)OCCCCC(N)CC(C)C)=C(C)N1. The lowest BCUT2D eigenvalue weighted by Gasteiger charge is -2.29. The highest BCUT2D eigenvalue weighted by molar-refractivity contribution is 5.99. The van der Waals surface area contributed by atoms with Crippen LogP contribution in [-0.4, -0.2) is 34.6 Å². The van der Waals surface area contributed by atoms with Crippen LogP contribution in [0.4, 0.5) is 5.69 Å². The number of carbonyl (C=O) groups excluding carboxylic acids is 1. The van der Waals surface area contributed by atoms with Crippen LogP contribution in [-0.2, 0) is 14.3 Å². The Hall–Kier alpha value is -3.20. The molecule has 0 aromatic heterocycles. The van der Waals surface area contributed by atoms with Crippen LogP contribution in [0.15, 0.2) is 46.8 Å². The van der Waals surface area contributed by atoms with Crippen molar-refractivity contribution in [2.75, 3.05) is 6.61 Å². The number of nitrogens with one attached hydrogen (secondary N) is 1. The lowest BCUT2D eigenvalue weighted by Crippen LogP contribution is -2.32. The maximum absolute atomic E-state index is 13.0. The molecule has 0 saturated heterocycles. The number of esters is 1. The Kier molecular flexibility index (Phi) is 9.16. The molecular formula is C24H33N3O6. The van der Waals surface area contributed by atoms with E-state index in [-0.39, 0.29) is 29.5 Å². The molecule has 1 aromatic carbocycles. The van der Waals surface area contributed by atoms with Gasteiger partial charge in [-0.05, 0) is 51.0 Å². The number of non-ortho nitro benzene ring substituents is 1. The molecule has 2 unspecified atom stereocenters. The molecule has 0 bridgehead atoms. The van der Waals surface area contributed by atoms with E-state index in [1.165, 1.54) is 18.2 Å². The Morgan fingerprint density at radius 2 is 1.88 bits per heavy atom. The number of nitrogens with zero attached hydrogens (tertiary/aromatic N) is 1. The number of nitro benzene ring substituents is 1. The van der Waals surface area contributed by atoms with E-state index < -0.39 is 22.8 Å².